The fourth-order valence-corrected chi connectivity index (χ4v) is 3.08. The molecule has 0 spiro atoms. The number of ketones is 1. The third-order valence-electron chi connectivity index (χ3n) is 3.92. The minimum Gasteiger partial charge on any atom is -0.346 e. The van der Waals surface area contributed by atoms with E-state index in [0.717, 1.165) is 28.4 Å². The van der Waals surface area contributed by atoms with E-state index in [2.05, 4.69) is 23.7 Å². The summed E-state index contributed by atoms with van der Waals surface area (Å²) in [5.41, 5.74) is 2.95. The number of hydrogen-bond donors (Lipinski definition) is 2. The Hall–Kier alpha value is -1.62. The molecule has 1 aliphatic heterocycles. The van der Waals surface area contributed by atoms with Gasteiger partial charge >= 0.3 is 0 Å². The van der Waals surface area contributed by atoms with E-state index in [4.69, 9.17) is 0 Å². The summed E-state index contributed by atoms with van der Waals surface area (Å²) in [5.74, 6) is 0.168. The lowest BCUT2D eigenvalue weighted by molar-refractivity contribution is -0.884. The predicted molar refractivity (Wildman–Crippen MR) is 77.2 cm³/mol. The maximum atomic E-state index is 12.5. The number of rotatable bonds is 4. The highest BCUT2D eigenvalue weighted by molar-refractivity contribution is 5.98. The minimum absolute atomic E-state index is 0.0340. The van der Waals surface area contributed by atoms with E-state index in [0.29, 0.717) is 25.7 Å². The summed E-state index contributed by atoms with van der Waals surface area (Å²) in [7, 11) is 0. The Bertz CT molecular complexity index is 531. The molecular weight excluding hydrogens is 254 g/mol. The van der Waals surface area contributed by atoms with Gasteiger partial charge in [-0.05, 0) is 33.8 Å². The van der Waals surface area contributed by atoms with Gasteiger partial charge in [-0.2, -0.15) is 0 Å². The van der Waals surface area contributed by atoms with E-state index >= 15 is 0 Å². The number of piperazine rings is 1. The number of quaternary nitrogens is 1. The van der Waals surface area contributed by atoms with Crippen molar-refractivity contribution in [2.75, 3.05) is 26.2 Å². The zero-order valence-electron chi connectivity index (χ0n) is 12.7. The van der Waals surface area contributed by atoms with Gasteiger partial charge in [0.25, 0.3) is 5.91 Å². The Morgan fingerprint density at radius 2 is 2.15 bits per heavy atom. The first-order valence-electron chi connectivity index (χ1n) is 7.22. The normalized spacial score (nSPS) is 19.2. The number of nitrogens with zero attached hydrogens (tertiary/aromatic N) is 1. The second kappa shape index (κ2) is 5.79. The first-order valence-corrected chi connectivity index (χ1v) is 7.22. The first-order chi connectivity index (χ1) is 9.40. The molecule has 1 amide bonds. The molecule has 2 N–H and O–H groups in total. The molecule has 1 fully saturated rings. The number of aromatic nitrogens is 1. The average molecular weight is 278 g/mol. The summed E-state index contributed by atoms with van der Waals surface area (Å²) in [6.45, 7) is 10.5. The molecule has 2 heterocycles. The van der Waals surface area contributed by atoms with Crippen LogP contribution >= 0.6 is 0 Å². The lowest BCUT2D eigenvalue weighted by Gasteiger charge is -2.22. The molecule has 1 atom stereocenters. The van der Waals surface area contributed by atoms with Gasteiger partial charge in [-0.1, -0.05) is 0 Å². The van der Waals surface area contributed by atoms with Crippen molar-refractivity contribution in [2.24, 2.45) is 0 Å². The minimum atomic E-state index is 0.0340. The van der Waals surface area contributed by atoms with E-state index in [1.165, 1.54) is 0 Å². The zero-order chi connectivity index (χ0) is 14.9. The molecule has 0 aliphatic carbocycles. The molecule has 5 nitrogen and oxygen atoms in total. The number of carbonyl (C=O) groups excluding carboxylic acids is 2. The summed E-state index contributed by atoms with van der Waals surface area (Å²) in [6.07, 6.45) is 0. The van der Waals surface area contributed by atoms with Crippen LogP contribution in [-0.4, -0.2) is 42.4 Å². The number of hydrogen-bond acceptors (Lipinski definition) is 2. The molecule has 2 rings (SSSR count). The summed E-state index contributed by atoms with van der Waals surface area (Å²) in [5, 5.41) is 2.79. The Kier molecular flexibility index (Phi) is 4.28. The molecule has 110 valence electrons. The van der Waals surface area contributed by atoms with E-state index in [9.17, 15) is 9.59 Å². The van der Waals surface area contributed by atoms with Crippen LogP contribution in [0, 0.1) is 13.8 Å². The highest BCUT2D eigenvalue weighted by Gasteiger charge is 2.25. The van der Waals surface area contributed by atoms with Gasteiger partial charge in [0.05, 0.1) is 13.1 Å². The number of carbonyl (C=O) groups is 2. The van der Waals surface area contributed by atoms with Gasteiger partial charge in [-0.25, -0.2) is 0 Å². The van der Waals surface area contributed by atoms with Crippen molar-refractivity contribution in [1.29, 1.82) is 0 Å². The van der Waals surface area contributed by atoms with Crippen molar-refractivity contribution in [3.8, 4) is 0 Å². The number of aryl methyl sites for hydroxylation is 1. The van der Waals surface area contributed by atoms with Crippen LogP contribution in [0.2, 0.25) is 0 Å². The van der Waals surface area contributed by atoms with E-state index < -0.39 is 0 Å². The third kappa shape index (κ3) is 2.93. The molecule has 0 bridgehead atoms. The summed E-state index contributed by atoms with van der Waals surface area (Å²) in [4.78, 5) is 24.9. The monoisotopic (exact) mass is 278 g/mol. The second-order valence-electron chi connectivity index (χ2n) is 5.88. The molecule has 0 radical (unpaired) electrons. The Morgan fingerprint density at radius 1 is 1.45 bits per heavy atom. The average Bonchev–Trinajstić information content (AvgIpc) is 2.64. The molecule has 0 saturated carbocycles. The highest BCUT2D eigenvalue weighted by Crippen LogP contribution is 2.20. The van der Waals surface area contributed by atoms with Crippen LogP contribution in [0.5, 0.6) is 0 Å². The predicted octanol–water partition coefficient (Wildman–Crippen LogP) is -0.117. The van der Waals surface area contributed by atoms with Gasteiger partial charge in [-0.3, -0.25) is 9.59 Å². The van der Waals surface area contributed by atoms with E-state index in [1.807, 2.05) is 19.9 Å². The van der Waals surface area contributed by atoms with Gasteiger partial charge in [-0.15, -0.1) is 0 Å². The van der Waals surface area contributed by atoms with Crippen molar-refractivity contribution < 1.29 is 14.5 Å². The largest absolute Gasteiger partial charge is 0.346 e. The molecule has 20 heavy (non-hydrogen) atoms. The van der Waals surface area contributed by atoms with E-state index in [1.54, 1.807) is 0 Å². The number of nitrogens with one attached hydrogen (secondary N) is 2. The molecule has 5 heteroatoms. The third-order valence-corrected chi connectivity index (χ3v) is 3.92. The maximum Gasteiger partial charge on any atom is 0.275 e. The highest BCUT2D eigenvalue weighted by atomic mass is 16.2. The van der Waals surface area contributed by atoms with Crippen LogP contribution in [0.1, 0.15) is 41.6 Å². The fourth-order valence-electron chi connectivity index (χ4n) is 3.08. The maximum absolute atomic E-state index is 12.5. The van der Waals surface area contributed by atoms with Crippen molar-refractivity contribution in [3.05, 3.63) is 23.0 Å². The van der Waals surface area contributed by atoms with Crippen molar-refractivity contribution in [3.63, 3.8) is 0 Å². The number of amides is 1. The van der Waals surface area contributed by atoms with Gasteiger partial charge < -0.3 is 14.8 Å². The summed E-state index contributed by atoms with van der Waals surface area (Å²) < 4.78 is 2.19. The smallest absolute Gasteiger partial charge is 0.275 e. The van der Waals surface area contributed by atoms with Crippen molar-refractivity contribution in [2.45, 2.75) is 33.7 Å². The SMILES string of the molecule is Cc1cc(C(=O)C[NH+]2CCNC(=O)C2)c(C)n1C(C)C. The van der Waals surface area contributed by atoms with Gasteiger partial charge in [0.1, 0.15) is 6.54 Å². The standard InChI is InChI=1S/C15H23N3O2/c1-10(2)18-11(3)7-13(12(18)4)14(19)8-17-6-5-16-15(20)9-17/h7,10H,5-6,8-9H2,1-4H3,(H,16,20)/p+1. The molecule has 1 saturated heterocycles. The zero-order valence-corrected chi connectivity index (χ0v) is 12.7. The van der Waals surface area contributed by atoms with Crippen molar-refractivity contribution >= 4 is 11.7 Å². The lowest BCUT2D eigenvalue weighted by atomic mass is 10.1. The van der Waals surface area contributed by atoms with Crippen LogP contribution < -0.4 is 10.2 Å². The molecule has 1 unspecified atom stereocenters. The molecule has 1 aromatic rings. The van der Waals surface area contributed by atoms with Crippen LogP contribution in [-0.2, 0) is 4.79 Å². The topological polar surface area (TPSA) is 55.5 Å². The second-order valence-corrected chi connectivity index (χ2v) is 5.88. The molecule has 0 aromatic carbocycles. The van der Waals surface area contributed by atoms with Crippen molar-refractivity contribution in [1.82, 2.24) is 9.88 Å². The van der Waals surface area contributed by atoms with Crippen LogP contribution in [0.25, 0.3) is 0 Å². The van der Waals surface area contributed by atoms with Crippen LogP contribution in [0.3, 0.4) is 0 Å². The Labute approximate surface area is 119 Å². The number of Topliss-reactive ketones (excluding diaryl/α,β-unsaturated/α-hetero) is 1. The Morgan fingerprint density at radius 3 is 2.70 bits per heavy atom. The van der Waals surface area contributed by atoms with Gasteiger partial charge in [0.15, 0.2) is 6.54 Å². The fraction of sp³-hybridized carbons (Fsp3) is 0.600. The molecule has 1 aliphatic rings. The lowest BCUT2D eigenvalue weighted by Crippen LogP contribution is -3.16. The molecular formula is C15H24N3O2+. The van der Waals surface area contributed by atoms with Crippen LogP contribution in [0.15, 0.2) is 6.07 Å². The quantitative estimate of drug-likeness (QED) is 0.755. The van der Waals surface area contributed by atoms with Gasteiger partial charge in [0.2, 0.25) is 5.78 Å². The van der Waals surface area contributed by atoms with E-state index in [-0.39, 0.29) is 11.7 Å². The van der Waals surface area contributed by atoms with Gasteiger partial charge in [0, 0.05) is 23.0 Å². The summed E-state index contributed by atoms with van der Waals surface area (Å²) >= 11 is 0. The molecule has 1 aromatic heterocycles. The summed E-state index contributed by atoms with van der Waals surface area (Å²) in [6, 6.07) is 2.32. The Balaban J connectivity index is 2.13. The van der Waals surface area contributed by atoms with Crippen LogP contribution in [0.4, 0.5) is 0 Å². The first kappa shape index (κ1) is 14.8.